The molecule has 0 saturated carbocycles. The molecule has 1 aliphatic rings. The van der Waals surface area contributed by atoms with Crippen molar-refractivity contribution in [3.8, 4) is 5.88 Å². The van der Waals surface area contributed by atoms with Gasteiger partial charge in [0.25, 0.3) is 5.91 Å². The predicted molar refractivity (Wildman–Crippen MR) is 85.6 cm³/mol. The predicted octanol–water partition coefficient (Wildman–Crippen LogP) is 4.41. The number of benzene rings is 1. The molecule has 0 aliphatic carbocycles. The minimum atomic E-state index is -4.53. The van der Waals surface area contributed by atoms with Gasteiger partial charge in [-0.1, -0.05) is 0 Å². The number of likely N-dealkylation sites (tertiary alicyclic amines) is 1. The lowest BCUT2D eigenvalue weighted by atomic mass is 10.1. The van der Waals surface area contributed by atoms with Crippen LogP contribution < -0.4 is 4.74 Å². The van der Waals surface area contributed by atoms with E-state index in [-0.39, 0.29) is 24.5 Å². The number of ether oxygens (including phenoxy) is 1. The van der Waals surface area contributed by atoms with Crippen LogP contribution in [0.5, 0.6) is 5.88 Å². The SMILES string of the molecule is O=C(c1ccc(C(F)(F)F)cc1)N1CCC(Oc2cc(C(F)(F)F)ccn2)C1. The Labute approximate surface area is 155 Å². The first kappa shape index (κ1) is 20.0. The van der Waals surface area contributed by atoms with Gasteiger partial charge in [-0.15, -0.1) is 0 Å². The van der Waals surface area contributed by atoms with Crippen LogP contribution in [-0.2, 0) is 12.4 Å². The van der Waals surface area contributed by atoms with Gasteiger partial charge in [-0.05, 0) is 30.3 Å². The number of carbonyl (C=O) groups is 1. The van der Waals surface area contributed by atoms with Gasteiger partial charge in [0.15, 0.2) is 0 Å². The molecule has 4 nitrogen and oxygen atoms in total. The molecule has 1 fully saturated rings. The molecule has 0 N–H and O–H groups in total. The van der Waals surface area contributed by atoms with Crippen molar-refractivity contribution in [3.05, 3.63) is 59.3 Å². The normalized spacial score (nSPS) is 17.6. The molecule has 0 spiro atoms. The fourth-order valence-electron chi connectivity index (χ4n) is 2.81. The fourth-order valence-corrected chi connectivity index (χ4v) is 2.81. The molecule has 1 unspecified atom stereocenters. The molecule has 2 aromatic rings. The molecule has 1 aliphatic heterocycles. The summed E-state index contributed by atoms with van der Waals surface area (Å²) in [4.78, 5) is 17.5. The molecule has 3 rings (SSSR count). The number of halogens is 6. The second-order valence-electron chi connectivity index (χ2n) is 6.24. The van der Waals surface area contributed by atoms with E-state index in [1.807, 2.05) is 0 Å². The largest absolute Gasteiger partial charge is 0.472 e. The third-order valence-corrected chi connectivity index (χ3v) is 4.24. The van der Waals surface area contributed by atoms with E-state index in [1.54, 1.807) is 0 Å². The average Bonchev–Trinajstić information content (AvgIpc) is 3.08. The lowest BCUT2D eigenvalue weighted by Crippen LogP contribution is -2.31. The summed E-state index contributed by atoms with van der Waals surface area (Å²) in [5.74, 6) is -0.680. The van der Waals surface area contributed by atoms with Gasteiger partial charge in [0.1, 0.15) is 6.10 Å². The number of pyridine rings is 1. The van der Waals surface area contributed by atoms with Crippen LogP contribution in [0.2, 0.25) is 0 Å². The first-order chi connectivity index (χ1) is 13.0. The Morgan fingerprint density at radius 2 is 1.64 bits per heavy atom. The highest BCUT2D eigenvalue weighted by Crippen LogP contribution is 2.31. The fraction of sp³-hybridized carbons (Fsp3) is 0.333. The van der Waals surface area contributed by atoms with Crippen LogP contribution in [0, 0.1) is 0 Å². The number of amides is 1. The summed E-state index contributed by atoms with van der Waals surface area (Å²) in [5.41, 5.74) is -1.67. The lowest BCUT2D eigenvalue weighted by molar-refractivity contribution is -0.138. The van der Waals surface area contributed by atoms with Crippen LogP contribution in [-0.4, -0.2) is 35.0 Å². The first-order valence-electron chi connectivity index (χ1n) is 8.20. The number of hydrogen-bond acceptors (Lipinski definition) is 3. The van der Waals surface area contributed by atoms with Crippen molar-refractivity contribution in [1.29, 1.82) is 0 Å². The minimum Gasteiger partial charge on any atom is -0.472 e. The summed E-state index contributed by atoms with van der Waals surface area (Å²) < 4.78 is 81.4. The molecule has 1 amide bonds. The smallest absolute Gasteiger partial charge is 0.416 e. The summed E-state index contributed by atoms with van der Waals surface area (Å²) in [5, 5.41) is 0. The van der Waals surface area contributed by atoms with Gasteiger partial charge in [0, 0.05) is 30.8 Å². The number of rotatable bonds is 3. The van der Waals surface area contributed by atoms with Crippen LogP contribution in [0.25, 0.3) is 0 Å². The number of carbonyl (C=O) groups excluding carboxylic acids is 1. The van der Waals surface area contributed by atoms with E-state index in [9.17, 15) is 31.1 Å². The third kappa shape index (κ3) is 4.55. The standard InChI is InChI=1S/C18H14F6N2O2/c19-17(20,21)12-3-1-11(2-4-12)16(27)26-8-6-14(10-26)28-15-9-13(5-7-25-15)18(22,23)24/h1-5,7,9,14H,6,8,10H2. The first-order valence-corrected chi connectivity index (χ1v) is 8.20. The summed E-state index contributed by atoms with van der Waals surface area (Å²) in [6.07, 6.45) is -8.23. The van der Waals surface area contributed by atoms with Crippen molar-refractivity contribution in [2.75, 3.05) is 13.1 Å². The van der Waals surface area contributed by atoms with Crippen LogP contribution in [0.4, 0.5) is 26.3 Å². The highest BCUT2D eigenvalue weighted by Gasteiger charge is 2.33. The molecule has 1 aromatic heterocycles. The number of nitrogens with zero attached hydrogens (tertiary/aromatic N) is 2. The molecule has 0 bridgehead atoms. The van der Waals surface area contributed by atoms with E-state index in [0.717, 1.165) is 42.6 Å². The van der Waals surface area contributed by atoms with Crippen molar-refractivity contribution in [3.63, 3.8) is 0 Å². The van der Waals surface area contributed by atoms with Gasteiger partial charge in [-0.25, -0.2) is 4.98 Å². The van der Waals surface area contributed by atoms with Gasteiger partial charge < -0.3 is 9.64 Å². The zero-order valence-corrected chi connectivity index (χ0v) is 14.2. The monoisotopic (exact) mass is 404 g/mol. The van der Waals surface area contributed by atoms with E-state index < -0.39 is 35.5 Å². The maximum Gasteiger partial charge on any atom is 0.416 e. The Bertz CT molecular complexity index is 848. The molecule has 28 heavy (non-hydrogen) atoms. The zero-order chi connectivity index (χ0) is 20.5. The van der Waals surface area contributed by atoms with Gasteiger partial charge >= 0.3 is 12.4 Å². The number of alkyl halides is 6. The van der Waals surface area contributed by atoms with Gasteiger partial charge in [0.05, 0.1) is 17.7 Å². The molecule has 1 saturated heterocycles. The highest BCUT2D eigenvalue weighted by atomic mass is 19.4. The summed E-state index contributed by atoms with van der Waals surface area (Å²) in [6.45, 7) is 0.362. The summed E-state index contributed by atoms with van der Waals surface area (Å²) in [7, 11) is 0. The Morgan fingerprint density at radius 3 is 2.25 bits per heavy atom. The summed E-state index contributed by atoms with van der Waals surface area (Å²) in [6, 6.07) is 5.43. The van der Waals surface area contributed by atoms with E-state index in [4.69, 9.17) is 4.74 Å². The molecule has 2 heterocycles. The molecular weight excluding hydrogens is 390 g/mol. The van der Waals surface area contributed by atoms with E-state index >= 15 is 0 Å². The molecule has 1 aromatic carbocycles. The van der Waals surface area contributed by atoms with Crippen molar-refractivity contribution in [2.24, 2.45) is 0 Å². The van der Waals surface area contributed by atoms with E-state index in [0.29, 0.717) is 6.42 Å². The quantitative estimate of drug-likeness (QED) is 0.712. The zero-order valence-electron chi connectivity index (χ0n) is 14.2. The topological polar surface area (TPSA) is 42.4 Å². The maximum atomic E-state index is 12.7. The third-order valence-electron chi connectivity index (χ3n) is 4.24. The second kappa shape index (κ2) is 7.33. The molecule has 0 radical (unpaired) electrons. The van der Waals surface area contributed by atoms with E-state index in [2.05, 4.69) is 4.98 Å². The van der Waals surface area contributed by atoms with Crippen molar-refractivity contribution >= 4 is 5.91 Å². The van der Waals surface area contributed by atoms with E-state index in [1.165, 1.54) is 4.90 Å². The Morgan fingerprint density at radius 1 is 1.00 bits per heavy atom. The lowest BCUT2D eigenvalue weighted by Gasteiger charge is -2.18. The Hall–Kier alpha value is -2.78. The average molecular weight is 404 g/mol. The molecule has 1 atom stereocenters. The van der Waals surface area contributed by atoms with Gasteiger partial charge in [-0.2, -0.15) is 26.3 Å². The summed E-state index contributed by atoms with van der Waals surface area (Å²) >= 11 is 0. The van der Waals surface area contributed by atoms with Crippen molar-refractivity contribution in [1.82, 2.24) is 9.88 Å². The second-order valence-corrected chi connectivity index (χ2v) is 6.24. The molecule has 150 valence electrons. The van der Waals surface area contributed by atoms with Crippen LogP contribution in [0.1, 0.15) is 27.9 Å². The Kier molecular flexibility index (Phi) is 5.22. The minimum absolute atomic E-state index is 0.0887. The van der Waals surface area contributed by atoms with Gasteiger partial charge in [0.2, 0.25) is 5.88 Å². The number of hydrogen-bond donors (Lipinski definition) is 0. The van der Waals surface area contributed by atoms with Crippen LogP contribution in [0.3, 0.4) is 0 Å². The van der Waals surface area contributed by atoms with Crippen LogP contribution >= 0.6 is 0 Å². The Balaban J connectivity index is 1.63. The number of aromatic nitrogens is 1. The maximum absolute atomic E-state index is 12.7. The highest BCUT2D eigenvalue weighted by molar-refractivity contribution is 5.94. The van der Waals surface area contributed by atoms with Crippen molar-refractivity contribution in [2.45, 2.75) is 24.9 Å². The van der Waals surface area contributed by atoms with Crippen molar-refractivity contribution < 1.29 is 35.9 Å². The molecular formula is C18H14F6N2O2. The van der Waals surface area contributed by atoms with Gasteiger partial charge in [-0.3, -0.25) is 4.79 Å². The van der Waals surface area contributed by atoms with Crippen LogP contribution in [0.15, 0.2) is 42.6 Å². The molecule has 10 heteroatoms.